The number of ether oxygens (including phenoxy) is 1. The molecule has 0 bridgehead atoms. The number of hydrogen-bond donors (Lipinski definition) is 1. The third-order valence-corrected chi connectivity index (χ3v) is 3.12. The molecule has 0 heterocycles. The summed E-state index contributed by atoms with van der Waals surface area (Å²) in [5, 5.41) is 2.89. The van der Waals surface area contributed by atoms with Crippen molar-refractivity contribution in [1.82, 2.24) is 5.32 Å². The van der Waals surface area contributed by atoms with Crippen LogP contribution in [0, 0.1) is 0 Å². The Morgan fingerprint density at radius 3 is 2.63 bits per heavy atom. The maximum Gasteiger partial charge on any atom is 0.251 e. The Morgan fingerprint density at radius 2 is 2.00 bits per heavy atom. The van der Waals surface area contributed by atoms with Crippen LogP contribution in [0.2, 0.25) is 0 Å². The zero-order valence-corrected chi connectivity index (χ0v) is 12.6. The largest absolute Gasteiger partial charge is 0.490 e. The molecule has 0 radical (unpaired) electrons. The highest BCUT2D eigenvalue weighted by molar-refractivity contribution is 7.59. The van der Waals surface area contributed by atoms with E-state index in [9.17, 15) is 4.79 Å². The van der Waals surface area contributed by atoms with E-state index in [1.165, 1.54) is 12.8 Å². The third-order valence-electron chi connectivity index (χ3n) is 3.12. The molecule has 3 nitrogen and oxygen atoms in total. The van der Waals surface area contributed by atoms with Crippen molar-refractivity contribution in [3.05, 3.63) is 29.8 Å². The molecule has 19 heavy (non-hydrogen) atoms. The number of nitrogens with one attached hydrogen (secondary N) is 1. The molecule has 0 saturated heterocycles. The van der Waals surface area contributed by atoms with Gasteiger partial charge in [-0.25, -0.2) is 0 Å². The lowest BCUT2D eigenvalue weighted by Crippen LogP contribution is -2.30. The predicted octanol–water partition coefficient (Wildman–Crippen LogP) is 3.26. The minimum absolute atomic E-state index is 0. The smallest absolute Gasteiger partial charge is 0.251 e. The van der Waals surface area contributed by atoms with E-state index in [0.717, 1.165) is 18.6 Å². The summed E-state index contributed by atoms with van der Waals surface area (Å²) in [6, 6.07) is 7.59. The van der Waals surface area contributed by atoms with Crippen molar-refractivity contribution in [1.29, 1.82) is 0 Å². The standard InChI is InChI=1S/C15H21NO2.H2S/c1-11(2)16-15(17)12-6-5-9-14(10-12)18-13-7-3-4-8-13;/h5-6,9-11,13H,3-4,7-8H2,1-2H3,(H,16,17);1H2. The third kappa shape index (κ3) is 4.78. The molecule has 0 atom stereocenters. The first kappa shape index (κ1) is 15.9. The van der Waals surface area contributed by atoms with Crippen LogP contribution >= 0.6 is 13.5 Å². The first-order chi connectivity index (χ1) is 8.65. The Kier molecular flexibility index (Phi) is 6.22. The van der Waals surface area contributed by atoms with Crippen molar-refractivity contribution in [2.45, 2.75) is 51.7 Å². The number of carbonyl (C=O) groups excluding carboxylic acids is 1. The van der Waals surface area contributed by atoms with Crippen LogP contribution in [0.5, 0.6) is 5.75 Å². The summed E-state index contributed by atoms with van der Waals surface area (Å²) < 4.78 is 5.89. The molecule has 1 aliphatic rings. The Bertz CT molecular complexity index is 414. The molecule has 1 fully saturated rings. The summed E-state index contributed by atoms with van der Waals surface area (Å²) in [7, 11) is 0. The van der Waals surface area contributed by atoms with E-state index in [2.05, 4.69) is 5.32 Å². The van der Waals surface area contributed by atoms with Crippen LogP contribution in [0.4, 0.5) is 0 Å². The van der Waals surface area contributed by atoms with Gasteiger partial charge in [-0.1, -0.05) is 6.07 Å². The van der Waals surface area contributed by atoms with Crippen molar-refractivity contribution < 1.29 is 9.53 Å². The van der Waals surface area contributed by atoms with Crippen molar-refractivity contribution in [3.8, 4) is 5.75 Å². The fraction of sp³-hybridized carbons (Fsp3) is 0.533. The van der Waals surface area contributed by atoms with Crippen LogP contribution < -0.4 is 10.1 Å². The van der Waals surface area contributed by atoms with Crippen molar-refractivity contribution >= 4 is 19.4 Å². The molecule has 0 aromatic heterocycles. The minimum Gasteiger partial charge on any atom is -0.490 e. The second-order valence-electron chi connectivity index (χ2n) is 5.18. The fourth-order valence-corrected chi connectivity index (χ4v) is 2.25. The maximum atomic E-state index is 11.9. The zero-order valence-electron chi connectivity index (χ0n) is 11.6. The van der Waals surface area contributed by atoms with Crippen molar-refractivity contribution in [3.63, 3.8) is 0 Å². The average molecular weight is 281 g/mol. The zero-order chi connectivity index (χ0) is 13.0. The summed E-state index contributed by atoms with van der Waals surface area (Å²) in [6.07, 6.45) is 5.08. The average Bonchev–Trinajstić information content (AvgIpc) is 2.81. The van der Waals surface area contributed by atoms with Crippen molar-refractivity contribution in [2.75, 3.05) is 0 Å². The van der Waals surface area contributed by atoms with E-state index < -0.39 is 0 Å². The highest BCUT2D eigenvalue weighted by Crippen LogP contribution is 2.24. The van der Waals surface area contributed by atoms with Gasteiger partial charge in [0.1, 0.15) is 5.75 Å². The summed E-state index contributed by atoms with van der Waals surface area (Å²) in [6.45, 7) is 3.91. The molecule has 1 aromatic rings. The monoisotopic (exact) mass is 281 g/mol. The first-order valence-electron chi connectivity index (χ1n) is 6.73. The lowest BCUT2D eigenvalue weighted by atomic mass is 10.2. The van der Waals surface area contributed by atoms with E-state index in [0.29, 0.717) is 11.7 Å². The van der Waals surface area contributed by atoms with Crippen LogP contribution in [-0.4, -0.2) is 18.1 Å². The molecule has 106 valence electrons. The number of amides is 1. The van der Waals surface area contributed by atoms with Gasteiger partial charge in [0.25, 0.3) is 5.91 Å². The summed E-state index contributed by atoms with van der Waals surface area (Å²) in [5.41, 5.74) is 0.666. The number of rotatable bonds is 4. The number of hydrogen-bond acceptors (Lipinski definition) is 2. The van der Waals surface area contributed by atoms with Gasteiger partial charge >= 0.3 is 0 Å². The SMILES string of the molecule is CC(C)NC(=O)c1cccc(OC2CCCC2)c1.S. The van der Waals surface area contributed by atoms with E-state index in [1.807, 2.05) is 38.1 Å². The Balaban J connectivity index is 0.00000180. The quantitative estimate of drug-likeness (QED) is 0.920. The van der Waals surface area contributed by atoms with Gasteiger partial charge < -0.3 is 10.1 Å². The Morgan fingerprint density at radius 1 is 1.32 bits per heavy atom. The second-order valence-corrected chi connectivity index (χ2v) is 5.18. The first-order valence-corrected chi connectivity index (χ1v) is 6.73. The molecule has 1 saturated carbocycles. The normalized spacial score (nSPS) is 15.1. The van der Waals surface area contributed by atoms with Gasteiger partial charge in [-0.2, -0.15) is 13.5 Å². The van der Waals surface area contributed by atoms with Gasteiger partial charge in [-0.15, -0.1) is 0 Å². The summed E-state index contributed by atoms with van der Waals surface area (Å²) in [4.78, 5) is 11.9. The van der Waals surface area contributed by atoms with E-state index in [1.54, 1.807) is 0 Å². The molecule has 1 N–H and O–H groups in total. The summed E-state index contributed by atoms with van der Waals surface area (Å²) in [5.74, 6) is 0.764. The van der Waals surface area contributed by atoms with E-state index in [-0.39, 0.29) is 25.4 Å². The number of benzene rings is 1. The van der Waals surface area contributed by atoms with E-state index >= 15 is 0 Å². The van der Waals surface area contributed by atoms with Gasteiger partial charge in [0.15, 0.2) is 0 Å². The molecule has 1 aliphatic carbocycles. The van der Waals surface area contributed by atoms with Gasteiger partial charge in [-0.05, 0) is 57.7 Å². The van der Waals surface area contributed by atoms with Crippen LogP contribution in [0.25, 0.3) is 0 Å². The van der Waals surface area contributed by atoms with Crippen LogP contribution in [0.3, 0.4) is 0 Å². The Hall–Kier alpha value is -1.16. The van der Waals surface area contributed by atoms with Crippen LogP contribution in [0.15, 0.2) is 24.3 Å². The maximum absolute atomic E-state index is 11.9. The van der Waals surface area contributed by atoms with E-state index in [4.69, 9.17) is 4.74 Å². The lowest BCUT2D eigenvalue weighted by molar-refractivity contribution is 0.0942. The van der Waals surface area contributed by atoms with Gasteiger partial charge in [0.05, 0.1) is 6.10 Å². The fourth-order valence-electron chi connectivity index (χ4n) is 2.25. The van der Waals surface area contributed by atoms with Crippen molar-refractivity contribution in [2.24, 2.45) is 0 Å². The summed E-state index contributed by atoms with van der Waals surface area (Å²) >= 11 is 0. The number of carbonyl (C=O) groups is 1. The van der Waals surface area contributed by atoms with Gasteiger partial charge in [0, 0.05) is 11.6 Å². The molecule has 0 unspecified atom stereocenters. The van der Waals surface area contributed by atoms with Crippen LogP contribution in [-0.2, 0) is 0 Å². The van der Waals surface area contributed by atoms with Crippen LogP contribution in [0.1, 0.15) is 49.9 Å². The molecule has 0 aliphatic heterocycles. The van der Waals surface area contributed by atoms with Gasteiger partial charge in [0.2, 0.25) is 0 Å². The molecule has 4 heteroatoms. The minimum atomic E-state index is -0.0399. The highest BCUT2D eigenvalue weighted by atomic mass is 32.1. The lowest BCUT2D eigenvalue weighted by Gasteiger charge is -2.14. The topological polar surface area (TPSA) is 38.3 Å². The van der Waals surface area contributed by atoms with Gasteiger partial charge in [-0.3, -0.25) is 4.79 Å². The molecule has 1 amide bonds. The second kappa shape index (κ2) is 7.43. The Labute approximate surface area is 122 Å². The molecular formula is C15H23NO2S. The predicted molar refractivity (Wildman–Crippen MR) is 82.3 cm³/mol. The molecule has 0 spiro atoms. The molecular weight excluding hydrogens is 258 g/mol. The molecule has 1 aromatic carbocycles. The molecule has 2 rings (SSSR count). The highest BCUT2D eigenvalue weighted by Gasteiger charge is 2.17.